The number of halogens is 3. The fourth-order valence-electron chi connectivity index (χ4n) is 1.65. The maximum absolute atomic E-state index is 12.3. The summed E-state index contributed by atoms with van der Waals surface area (Å²) in [5.41, 5.74) is 0. The van der Waals surface area contributed by atoms with Crippen LogP contribution in [-0.2, 0) is 12.6 Å². The first kappa shape index (κ1) is 14.4. The average Bonchev–Trinajstić information content (AvgIpc) is 2.72. The van der Waals surface area contributed by atoms with E-state index in [9.17, 15) is 13.2 Å². The normalized spacial score (nSPS) is 13.9. The number of rotatable bonds is 6. The van der Waals surface area contributed by atoms with Gasteiger partial charge in [0.1, 0.15) is 0 Å². The summed E-state index contributed by atoms with van der Waals surface area (Å²) in [6, 6.07) is 0.372. The average molecular weight is 266 g/mol. The maximum Gasteiger partial charge on any atom is 0.443 e. The predicted octanol–water partition coefficient (Wildman–Crippen LogP) is 3.48. The number of nitrogens with one attached hydrogen (secondary N) is 1. The highest BCUT2D eigenvalue weighted by molar-refractivity contribution is 7.11. The Bertz CT molecular complexity index is 336. The van der Waals surface area contributed by atoms with Gasteiger partial charge in [0, 0.05) is 17.1 Å². The predicted molar refractivity (Wildman–Crippen MR) is 63.2 cm³/mol. The van der Waals surface area contributed by atoms with E-state index in [1.54, 1.807) is 0 Å². The number of aryl methyl sites for hydroxylation is 1. The molecule has 1 aromatic rings. The van der Waals surface area contributed by atoms with E-state index in [1.807, 2.05) is 7.05 Å². The van der Waals surface area contributed by atoms with Gasteiger partial charge in [0.15, 0.2) is 5.01 Å². The molecule has 1 heterocycles. The van der Waals surface area contributed by atoms with Crippen LogP contribution >= 0.6 is 11.3 Å². The van der Waals surface area contributed by atoms with Crippen LogP contribution in [0.3, 0.4) is 0 Å². The van der Waals surface area contributed by atoms with Gasteiger partial charge < -0.3 is 5.32 Å². The molecular formula is C11H17F3N2S. The lowest BCUT2D eigenvalue weighted by Gasteiger charge is -2.13. The van der Waals surface area contributed by atoms with Crippen LogP contribution in [0.4, 0.5) is 13.2 Å². The van der Waals surface area contributed by atoms with Gasteiger partial charge in [-0.15, -0.1) is 11.3 Å². The third-order valence-corrected chi connectivity index (χ3v) is 3.68. The monoisotopic (exact) mass is 266 g/mol. The molecule has 0 amide bonds. The molecule has 17 heavy (non-hydrogen) atoms. The van der Waals surface area contributed by atoms with Crippen molar-refractivity contribution in [3.63, 3.8) is 0 Å². The minimum atomic E-state index is -4.31. The molecule has 1 aromatic heterocycles. The van der Waals surface area contributed by atoms with Crippen molar-refractivity contribution in [3.8, 4) is 0 Å². The van der Waals surface area contributed by atoms with Crippen molar-refractivity contribution in [3.05, 3.63) is 16.1 Å². The molecule has 0 saturated heterocycles. The molecule has 1 unspecified atom stereocenters. The van der Waals surface area contributed by atoms with Crippen molar-refractivity contribution in [1.82, 2.24) is 10.3 Å². The van der Waals surface area contributed by atoms with E-state index in [2.05, 4.69) is 17.2 Å². The molecule has 1 N–H and O–H groups in total. The smallest absolute Gasteiger partial charge is 0.317 e. The number of aromatic nitrogens is 1. The van der Waals surface area contributed by atoms with E-state index in [0.717, 1.165) is 30.6 Å². The number of hydrogen-bond donors (Lipinski definition) is 1. The molecule has 0 aromatic carbocycles. The van der Waals surface area contributed by atoms with E-state index >= 15 is 0 Å². The summed E-state index contributed by atoms with van der Waals surface area (Å²) >= 11 is 0.746. The lowest BCUT2D eigenvalue weighted by molar-refractivity contribution is -0.137. The summed E-state index contributed by atoms with van der Waals surface area (Å²) in [6.45, 7) is 2.10. The summed E-state index contributed by atoms with van der Waals surface area (Å²) in [7, 11) is 1.88. The second-order valence-electron chi connectivity index (χ2n) is 3.94. The molecule has 0 spiro atoms. The SMILES string of the molecule is CCCC(CCc1cnc(C(F)(F)F)s1)NC. The Morgan fingerprint density at radius 1 is 1.41 bits per heavy atom. The van der Waals surface area contributed by atoms with Gasteiger partial charge >= 0.3 is 6.18 Å². The third-order valence-electron chi connectivity index (χ3n) is 2.58. The molecule has 1 atom stereocenters. The van der Waals surface area contributed by atoms with Gasteiger partial charge in [0.25, 0.3) is 0 Å². The summed E-state index contributed by atoms with van der Waals surface area (Å²) in [5, 5.41) is 2.43. The number of alkyl halides is 3. The molecule has 0 bridgehead atoms. The van der Waals surface area contributed by atoms with Crippen LogP contribution in [-0.4, -0.2) is 18.1 Å². The van der Waals surface area contributed by atoms with Crippen LogP contribution in [0.1, 0.15) is 36.1 Å². The largest absolute Gasteiger partial charge is 0.443 e. The van der Waals surface area contributed by atoms with Gasteiger partial charge in [-0.1, -0.05) is 13.3 Å². The highest BCUT2D eigenvalue weighted by atomic mass is 32.1. The van der Waals surface area contributed by atoms with Gasteiger partial charge in [0.05, 0.1) is 0 Å². The van der Waals surface area contributed by atoms with Crippen molar-refractivity contribution < 1.29 is 13.2 Å². The Labute approximate surface area is 103 Å². The molecule has 1 rings (SSSR count). The lowest BCUT2D eigenvalue weighted by atomic mass is 10.1. The molecule has 0 aliphatic carbocycles. The lowest BCUT2D eigenvalue weighted by Crippen LogP contribution is -2.25. The van der Waals surface area contributed by atoms with E-state index in [0.29, 0.717) is 17.3 Å². The first-order valence-corrected chi connectivity index (χ1v) is 6.48. The van der Waals surface area contributed by atoms with Crippen molar-refractivity contribution in [2.75, 3.05) is 7.05 Å². The van der Waals surface area contributed by atoms with E-state index in [4.69, 9.17) is 0 Å². The zero-order valence-electron chi connectivity index (χ0n) is 9.97. The van der Waals surface area contributed by atoms with Crippen LogP contribution in [0, 0.1) is 0 Å². The van der Waals surface area contributed by atoms with Crippen molar-refractivity contribution >= 4 is 11.3 Å². The van der Waals surface area contributed by atoms with Crippen LogP contribution in [0.25, 0.3) is 0 Å². The Morgan fingerprint density at radius 3 is 2.59 bits per heavy atom. The minimum absolute atomic E-state index is 0.372. The summed E-state index contributed by atoms with van der Waals surface area (Å²) in [6.07, 6.45) is 0.646. The van der Waals surface area contributed by atoms with Crippen molar-refractivity contribution in [2.45, 2.75) is 44.8 Å². The molecule has 6 heteroatoms. The molecule has 0 fully saturated rings. The maximum atomic E-state index is 12.3. The molecular weight excluding hydrogens is 249 g/mol. The fraction of sp³-hybridized carbons (Fsp3) is 0.727. The zero-order valence-corrected chi connectivity index (χ0v) is 10.8. The standard InChI is InChI=1S/C11H17F3N2S/c1-3-4-8(15-2)5-6-9-7-16-10(17-9)11(12,13)14/h7-8,15H,3-6H2,1-2H3. The Morgan fingerprint density at radius 2 is 2.12 bits per heavy atom. The van der Waals surface area contributed by atoms with Crippen LogP contribution < -0.4 is 5.32 Å². The van der Waals surface area contributed by atoms with Gasteiger partial charge in [-0.05, 0) is 26.3 Å². The third kappa shape index (κ3) is 4.63. The Balaban J connectivity index is 2.49. The van der Waals surface area contributed by atoms with E-state index < -0.39 is 11.2 Å². The highest BCUT2D eigenvalue weighted by Crippen LogP contribution is 2.32. The first-order valence-electron chi connectivity index (χ1n) is 5.66. The molecule has 98 valence electrons. The minimum Gasteiger partial charge on any atom is -0.317 e. The first-order chi connectivity index (χ1) is 7.97. The van der Waals surface area contributed by atoms with E-state index in [1.165, 1.54) is 6.20 Å². The second-order valence-corrected chi connectivity index (χ2v) is 5.06. The number of nitrogens with zero attached hydrogens (tertiary/aromatic N) is 1. The molecule has 0 aliphatic rings. The summed E-state index contributed by atoms with van der Waals surface area (Å²) in [4.78, 5) is 4.11. The quantitative estimate of drug-likeness (QED) is 0.852. The summed E-state index contributed by atoms with van der Waals surface area (Å²) < 4.78 is 37.0. The Kier molecular flexibility index (Phi) is 5.39. The topological polar surface area (TPSA) is 24.9 Å². The van der Waals surface area contributed by atoms with Gasteiger partial charge in [0.2, 0.25) is 0 Å². The molecule has 0 saturated carbocycles. The van der Waals surface area contributed by atoms with Gasteiger partial charge in [-0.25, -0.2) is 4.98 Å². The molecule has 0 radical (unpaired) electrons. The van der Waals surface area contributed by atoms with E-state index in [-0.39, 0.29) is 0 Å². The van der Waals surface area contributed by atoms with Gasteiger partial charge in [-0.2, -0.15) is 13.2 Å². The van der Waals surface area contributed by atoms with Crippen LogP contribution in [0.2, 0.25) is 0 Å². The van der Waals surface area contributed by atoms with Crippen LogP contribution in [0.15, 0.2) is 6.20 Å². The van der Waals surface area contributed by atoms with Crippen molar-refractivity contribution in [2.24, 2.45) is 0 Å². The molecule has 0 aliphatic heterocycles. The van der Waals surface area contributed by atoms with Gasteiger partial charge in [-0.3, -0.25) is 0 Å². The van der Waals surface area contributed by atoms with Crippen LogP contribution in [0.5, 0.6) is 0 Å². The second kappa shape index (κ2) is 6.35. The summed E-state index contributed by atoms with van der Waals surface area (Å²) in [5.74, 6) is 0. The number of hydrogen-bond acceptors (Lipinski definition) is 3. The number of thiazole rings is 1. The van der Waals surface area contributed by atoms with Crippen molar-refractivity contribution in [1.29, 1.82) is 0 Å². The fourth-order valence-corrected chi connectivity index (χ4v) is 2.45. The Hall–Kier alpha value is -0.620. The zero-order chi connectivity index (χ0) is 12.9. The molecule has 2 nitrogen and oxygen atoms in total. The highest BCUT2D eigenvalue weighted by Gasteiger charge is 2.34.